The van der Waals surface area contributed by atoms with Crippen LogP contribution < -0.4 is 13.7 Å². The van der Waals surface area contributed by atoms with Crippen LogP contribution in [0.15, 0.2) is 29.2 Å². The second kappa shape index (κ2) is 3.56. The number of hydrogen-bond acceptors (Lipinski definition) is 2. The predicted octanol–water partition coefficient (Wildman–Crippen LogP) is 0.0901. The number of benzene rings is 1. The van der Waals surface area contributed by atoms with E-state index in [-0.39, 0.29) is 18.9 Å². The Labute approximate surface area is 87.3 Å². The van der Waals surface area contributed by atoms with Crippen LogP contribution in [0.5, 0.6) is 5.75 Å². The molecule has 0 saturated carbocycles. The molecule has 14 heavy (non-hydrogen) atoms. The van der Waals surface area contributed by atoms with Crippen molar-refractivity contribution < 1.29 is 9.30 Å². The molecule has 1 heterocycles. The number of rotatable bonds is 1. The average Bonchev–Trinajstić information content (AvgIpc) is 2.19. The molecule has 0 unspecified atom stereocenters. The maximum absolute atomic E-state index is 11.4. The molecule has 0 aliphatic rings. The molecule has 2 rings (SSSR count). The summed E-state index contributed by atoms with van der Waals surface area (Å²) in [5.74, 6) is 0.832. The summed E-state index contributed by atoms with van der Waals surface area (Å²) < 4.78 is 8.08. The van der Waals surface area contributed by atoms with Gasteiger partial charge in [-0.1, -0.05) is 0 Å². The minimum atomic E-state index is -0.0922. The predicted molar refractivity (Wildman–Crippen MR) is 54.9 cm³/mol. The van der Waals surface area contributed by atoms with Gasteiger partial charge in [-0.2, -0.15) is 0 Å². The van der Waals surface area contributed by atoms with Gasteiger partial charge in [0.15, 0.2) is 0 Å². The van der Waals surface area contributed by atoms with Gasteiger partial charge in [0.05, 0.1) is 0 Å². The molecule has 3 nitrogen and oxygen atoms in total. The SMILES string of the molecule is COc1ccc2[se]c(=O)[n+](C)cc2c1. The molecule has 0 amide bonds. The number of methoxy groups -OCH3 is 1. The Kier molecular flexibility index (Phi) is 2.40. The summed E-state index contributed by atoms with van der Waals surface area (Å²) in [4.78, 5) is 11.4. The van der Waals surface area contributed by atoms with E-state index in [9.17, 15) is 4.79 Å². The average molecular weight is 255 g/mol. The fourth-order valence-electron chi connectivity index (χ4n) is 1.27. The quantitative estimate of drug-likeness (QED) is 0.534. The molecule has 0 radical (unpaired) electrons. The molecule has 0 fully saturated rings. The standard InChI is InChI=1S/C10H10NO2Se/c1-11-6-7-5-8(13-2)3-4-9(7)14-10(11)12/h3-6H,1-2H3/q+1. The van der Waals surface area contributed by atoms with E-state index < -0.39 is 0 Å². The summed E-state index contributed by atoms with van der Waals surface area (Å²) in [6.45, 7) is 0. The summed E-state index contributed by atoms with van der Waals surface area (Å²) in [5, 5.41) is 1.09. The van der Waals surface area contributed by atoms with Crippen molar-refractivity contribution in [2.24, 2.45) is 7.05 Å². The van der Waals surface area contributed by atoms with E-state index in [1.165, 1.54) is 0 Å². The molecule has 1 aromatic heterocycles. The Bertz CT molecular complexity index is 533. The van der Waals surface area contributed by atoms with Gasteiger partial charge in [-0.25, -0.2) is 0 Å². The Morgan fingerprint density at radius 2 is 2.21 bits per heavy atom. The molecule has 1 aromatic carbocycles. The second-order valence-electron chi connectivity index (χ2n) is 3.01. The van der Waals surface area contributed by atoms with Crippen LogP contribution in [0.1, 0.15) is 0 Å². The molecule has 72 valence electrons. The minimum absolute atomic E-state index is 0.0922. The Balaban J connectivity index is 2.77. The van der Waals surface area contributed by atoms with Crippen molar-refractivity contribution in [3.8, 4) is 5.75 Å². The normalized spacial score (nSPS) is 10.4. The summed E-state index contributed by atoms with van der Waals surface area (Å²) in [5.41, 5.74) is 0. The number of fused-ring (bicyclic) bond motifs is 1. The van der Waals surface area contributed by atoms with Crippen LogP contribution in [0.3, 0.4) is 0 Å². The zero-order valence-corrected chi connectivity index (χ0v) is 9.69. The van der Waals surface area contributed by atoms with E-state index in [2.05, 4.69) is 0 Å². The molecule has 0 spiro atoms. The molecular weight excluding hydrogens is 245 g/mol. The summed E-state index contributed by atoms with van der Waals surface area (Å²) in [7, 11) is 3.43. The molecule has 0 saturated heterocycles. The van der Waals surface area contributed by atoms with Gasteiger partial charge in [-0.15, -0.1) is 0 Å². The summed E-state index contributed by atoms with van der Waals surface area (Å²) in [6.07, 6.45) is 1.85. The molecule has 4 heteroatoms. The first kappa shape index (κ1) is 9.44. The van der Waals surface area contributed by atoms with Gasteiger partial charge in [0.2, 0.25) is 0 Å². The summed E-state index contributed by atoms with van der Waals surface area (Å²) in [6, 6.07) is 5.82. The number of ether oxygens (including phenoxy) is 1. The zero-order valence-electron chi connectivity index (χ0n) is 7.98. The van der Waals surface area contributed by atoms with E-state index in [0.29, 0.717) is 0 Å². The first-order chi connectivity index (χ1) is 6.70. The molecule has 0 aliphatic heterocycles. The van der Waals surface area contributed by atoms with Crippen molar-refractivity contribution in [2.45, 2.75) is 0 Å². The number of aryl methyl sites for hydroxylation is 1. The van der Waals surface area contributed by atoms with E-state index in [0.717, 1.165) is 15.4 Å². The Morgan fingerprint density at radius 1 is 1.43 bits per heavy atom. The molecule has 2 aromatic rings. The van der Waals surface area contributed by atoms with Gasteiger partial charge < -0.3 is 0 Å². The van der Waals surface area contributed by atoms with E-state index in [1.54, 1.807) is 18.7 Å². The van der Waals surface area contributed by atoms with Gasteiger partial charge in [-0.3, -0.25) is 0 Å². The molecule has 0 N–H and O–H groups in total. The van der Waals surface area contributed by atoms with Crippen molar-refractivity contribution in [3.05, 3.63) is 33.6 Å². The van der Waals surface area contributed by atoms with Crippen molar-refractivity contribution in [1.82, 2.24) is 0 Å². The van der Waals surface area contributed by atoms with Crippen molar-refractivity contribution in [3.63, 3.8) is 0 Å². The van der Waals surface area contributed by atoms with Crippen LogP contribution in [0.4, 0.5) is 0 Å². The Morgan fingerprint density at radius 3 is 2.93 bits per heavy atom. The van der Waals surface area contributed by atoms with Gasteiger partial charge in [0, 0.05) is 0 Å². The van der Waals surface area contributed by atoms with Crippen LogP contribution >= 0.6 is 0 Å². The van der Waals surface area contributed by atoms with Crippen LogP contribution in [-0.4, -0.2) is 21.6 Å². The van der Waals surface area contributed by atoms with Gasteiger partial charge in [-0.05, 0) is 0 Å². The number of hydrogen-bond donors (Lipinski definition) is 0. The van der Waals surface area contributed by atoms with Crippen LogP contribution in [0, 0.1) is 0 Å². The number of aromatic nitrogens is 1. The third-order valence-corrected chi connectivity index (χ3v) is 4.25. The molecule has 0 atom stereocenters. The van der Waals surface area contributed by atoms with Crippen molar-refractivity contribution >= 4 is 24.1 Å². The number of nitrogens with zero attached hydrogens (tertiary/aromatic N) is 1. The first-order valence-corrected chi connectivity index (χ1v) is 5.89. The van der Waals surface area contributed by atoms with E-state index >= 15 is 0 Å². The Hall–Kier alpha value is -1.12. The van der Waals surface area contributed by atoms with E-state index in [1.807, 2.05) is 24.4 Å². The molecule has 0 aliphatic carbocycles. The molecular formula is C10H10NO2Se+. The third-order valence-electron chi connectivity index (χ3n) is 2.03. The van der Waals surface area contributed by atoms with Crippen LogP contribution in [0.25, 0.3) is 9.65 Å². The topological polar surface area (TPSA) is 30.2 Å². The first-order valence-electron chi connectivity index (χ1n) is 4.18. The fraction of sp³-hybridized carbons (Fsp3) is 0.200. The second-order valence-corrected chi connectivity index (χ2v) is 5.10. The van der Waals surface area contributed by atoms with E-state index in [4.69, 9.17) is 4.74 Å². The summed E-state index contributed by atoms with van der Waals surface area (Å²) >= 11 is -0.0922. The third kappa shape index (κ3) is 1.59. The van der Waals surface area contributed by atoms with Crippen molar-refractivity contribution in [1.29, 1.82) is 0 Å². The fourth-order valence-corrected chi connectivity index (χ4v) is 2.85. The zero-order chi connectivity index (χ0) is 10.1. The van der Waals surface area contributed by atoms with Gasteiger partial charge in [0.1, 0.15) is 0 Å². The molecule has 0 bridgehead atoms. The maximum atomic E-state index is 11.4. The van der Waals surface area contributed by atoms with Gasteiger partial charge in [0.25, 0.3) is 0 Å². The van der Waals surface area contributed by atoms with Gasteiger partial charge >= 0.3 is 87.0 Å². The monoisotopic (exact) mass is 256 g/mol. The van der Waals surface area contributed by atoms with Crippen molar-refractivity contribution in [2.75, 3.05) is 7.11 Å². The van der Waals surface area contributed by atoms with Crippen LogP contribution in [-0.2, 0) is 7.05 Å². The van der Waals surface area contributed by atoms with Crippen LogP contribution in [0.2, 0.25) is 0 Å².